The van der Waals surface area contributed by atoms with Crippen molar-refractivity contribution in [1.82, 2.24) is 0 Å². The van der Waals surface area contributed by atoms with Crippen molar-refractivity contribution in [2.75, 3.05) is 0 Å². The Balaban J connectivity index is 2.42. The molecule has 2 aliphatic rings. The highest BCUT2D eigenvalue weighted by Crippen LogP contribution is 2.75. The first-order valence-corrected chi connectivity index (χ1v) is 6.25. The third kappa shape index (κ3) is 0.907. The van der Waals surface area contributed by atoms with Gasteiger partial charge in [0.1, 0.15) is 0 Å². The standard InChI is InChI=1S/C14H26/c1-10(2)11-9-13(5)7-8-14(11,6)12(13,3)4/h10-11H,7-9H2,1-6H3. The van der Waals surface area contributed by atoms with E-state index in [0.29, 0.717) is 16.2 Å². The highest BCUT2D eigenvalue weighted by atomic mass is 14.7. The minimum atomic E-state index is 0.551. The van der Waals surface area contributed by atoms with Crippen LogP contribution < -0.4 is 0 Å². The number of hydrogen-bond donors (Lipinski definition) is 0. The first-order valence-electron chi connectivity index (χ1n) is 6.25. The molecule has 82 valence electrons. The summed E-state index contributed by atoms with van der Waals surface area (Å²) < 4.78 is 0. The second kappa shape index (κ2) is 2.57. The molecule has 0 aromatic heterocycles. The third-order valence-corrected chi connectivity index (χ3v) is 6.43. The van der Waals surface area contributed by atoms with Crippen molar-refractivity contribution in [3.63, 3.8) is 0 Å². The van der Waals surface area contributed by atoms with Gasteiger partial charge in [0.15, 0.2) is 0 Å². The number of rotatable bonds is 1. The molecule has 0 saturated heterocycles. The molecule has 0 aliphatic heterocycles. The van der Waals surface area contributed by atoms with Gasteiger partial charge in [-0.1, -0.05) is 41.5 Å². The molecule has 2 bridgehead atoms. The van der Waals surface area contributed by atoms with Crippen LogP contribution in [0.25, 0.3) is 0 Å². The van der Waals surface area contributed by atoms with Crippen LogP contribution in [0.5, 0.6) is 0 Å². The molecule has 3 atom stereocenters. The molecule has 0 aromatic carbocycles. The topological polar surface area (TPSA) is 0 Å². The Hall–Kier alpha value is 0. The van der Waals surface area contributed by atoms with Gasteiger partial charge in [-0.2, -0.15) is 0 Å². The zero-order chi connectivity index (χ0) is 10.8. The Labute approximate surface area is 89.5 Å². The Morgan fingerprint density at radius 1 is 1.00 bits per heavy atom. The van der Waals surface area contributed by atoms with Gasteiger partial charge in [-0.15, -0.1) is 0 Å². The van der Waals surface area contributed by atoms with E-state index >= 15 is 0 Å². The average molecular weight is 194 g/mol. The Morgan fingerprint density at radius 3 is 1.79 bits per heavy atom. The van der Waals surface area contributed by atoms with Crippen LogP contribution in [0.2, 0.25) is 0 Å². The monoisotopic (exact) mass is 194 g/mol. The van der Waals surface area contributed by atoms with Crippen molar-refractivity contribution in [1.29, 1.82) is 0 Å². The van der Waals surface area contributed by atoms with Crippen molar-refractivity contribution in [3.8, 4) is 0 Å². The molecule has 0 spiro atoms. The highest BCUT2D eigenvalue weighted by molar-refractivity contribution is 5.16. The molecule has 3 unspecified atom stereocenters. The Bertz CT molecular complexity index is 251. The van der Waals surface area contributed by atoms with Gasteiger partial charge in [-0.25, -0.2) is 0 Å². The summed E-state index contributed by atoms with van der Waals surface area (Å²) in [6.45, 7) is 14.9. The molecule has 2 aliphatic carbocycles. The maximum atomic E-state index is 2.55. The fraction of sp³-hybridized carbons (Fsp3) is 1.00. The van der Waals surface area contributed by atoms with Crippen LogP contribution in [0.4, 0.5) is 0 Å². The van der Waals surface area contributed by atoms with Crippen LogP contribution in [0.1, 0.15) is 60.8 Å². The molecule has 2 fully saturated rings. The van der Waals surface area contributed by atoms with E-state index in [1.165, 1.54) is 19.3 Å². The van der Waals surface area contributed by atoms with E-state index < -0.39 is 0 Å². The second-order valence-corrected chi connectivity index (χ2v) is 7.16. The molecule has 14 heavy (non-hydrogen) atoms. The summed E-state index contributed by atoms with van der Waals surface area (Å²) in [7, 11) is 0. The lowest BCUT2D eigenvalue weighted by atomic mass is 9.63. The van der Waals surface area contributed by atoms with E-state index in [1.807, 2.05) is 0 Å². The number of fused-ring (bicyclic) bond motifs is 2. The predicted molar refractivity (Wildman–Crippen MR) is 62.2 cm³/mol. The van der Waals surface area contributed by atoms with Crippen molar-refractivity contribution in [2.45, 2.75) is 60.8 Å². The van der Waals surface area contributed by atoms with Crippen LogP contribution in [0.3, 0.4) is 0 Å². The van der Waals surface area contributed by atoms with Crippen LogP contribution >= 0.6 is 0 Å². The van der Waals surface area contributed by atoms with Crippen LogP contribution in [0.15, 0.2) is 0 Å². The summed E-state index contributed by atoms with van der Waals surface area (Å²) in [6, 6.07) is 0. The van der Waals surface area contributed by atoms with E-state index in [1.54, 1.807) is 0 Å². The van der Waals surface area contributed by atoms with E-state index in [4.69, 9.17) is 0 Å². The quantitative estimate of drug-likeness (QED) is 0.577. The Kier molecular flexibility index (Phi) is 1.93. The Morgan fingerprint density at radius 2 is 1.57 bits per heavy atom. The zero-order valence-electron chi connectivity index (χ0n) is 10.8. The van der Waals surface area contributed by atoms with Gasteiger partial charge in [0.05, 0.1) is 0 Å². The fourth-order valence-electron chi connectivity index (χ4n) is 4.54. The summed E-state index contributed by atoms with van der Waals surface area (Å²) >= 11 is 0. The lowest BCUT2D eigenvalue weighted by Gasteiger charge is -2.42. The van der Waals surface area contributed by atoms with E-state index in [2.05, 4.69) is 41.5 Å². The summed E-state index contributed by atoms with van der Waals surface area (Å²) in [6.07, 6.45) is 4.38. The van der Waals surface area contributed by atoms with Gasteiger partial charge < -0.3 is 0 Å². The average Bonchev–Trinajstić information content (AvgIpc) is 2.32. The zero-order valence-corrected chi connectivity index (χ0v) is 10.8. The first-order chi connectivity index (χ1) is 6.25. The first kappa shape index (κ1) is 10.5. The third-order valence-electron chi connectivity index (χ3n) is 6.43. The molecule has 0 amide bonds. The van der Waals surface area contributed by atoms with Gasteiger partial charge in [0, 0.05) is 0 Å². The van der Waals surface area contributed by atoms with Gasteiger partial charge in [-0.3, -0.25) is 0 Å². The van der Waals surface area contributed by atoms with Crippen molar-refractivity contribution >= 4 is 0 Å². The van der Waals surface area contributed by atoms with Crippen LogP contribution in [0, 0.1) is 28.1 Å². The summed E-state index contributed by atoms with van der Waals surface area (Å²) in [4.78, 5) is 0. The van der Waals surface area contributed by atoms with Gasteiger partial charge in [0.25, 0.3) is 0 Å². The van der Waals surface area contributed by atoms with Crippen LogP contribution in [-0.2, 0) is 0 Å². The molecule has 0 nitrogen and oxygen atoms in total. The predicted octanol–water partition coefficient (Wildman–Crippen LogP) is 4.49. The molecule has 0 heteroatoms. The summed E-state index contributed by atoms with van der Waals surface area (Å²) in [5.41, 5.74) is 1.78. The molecular weight excluding hydrogens is 168 g/mol. The molecule has 0 heterocycles. The SMILES string of the molecule is CC(C)C1CC2(C)CCC1(C)C2(C)C. The minimum absolute atomic E-state index is 0.551. The number of hydrogen-bond acceptors (Lipinski definition) is 0. The lowest BCUT2D eigenvalue weighted by molar-refractivity contribution is 0.0648. The summed E-state index contributed by atoms with van der Waals surface area (Å²) in [5.74, 6) is 1.82. The molecule has 0 aromatic rings. The normalized spacial score (nSPS) is 50.4. The van der Waals surface area contributed by atoms with Crippen molar-refractivity contribution in [2.24, 2.45) is 28.1 Å². The second-order valence-electron chi connectivity index (χ2n) is 7.16. The smallest absolute Gasteiger partial charge is 0.0238 e. The van der Waals surface area contributed by atoms with Crippen molar-refractivity contribution < 1.29 is 0 Å². The molecule has 0 N–H and O–H groups in total. The van der Waals surface area contributed by atoms with Crippen molar-refractivity contribution in [3.05, 3.63) is 0 Å². The maximum absolute atomic E-state index is 2.55. The molecule has 2 saturated carbocycles. The maximum Gasteiger partial charge on any atom is -0.0238 e. The van der Waals surface area contributed by atoms with E-state index in [-0.39, 0.29) is 0 Å². The highest BCUT2D eigenvalue weighted by Gasteiger charge is 2.67. The van der Waals surface area contributed by atoms with Gasteiger partial charge in [0.2, 0.25) is 0 Å². The minimum Gasteiger partial charge on any atom is -0.0625 e. The lowest BCUT2D eigenvalue weighted by Crippen LogP contribution is -2.35. The molecule has 0 radical (unpaired) electrons. The van der Waals surface area contributed by atoms with Gasteiger partial charge in [-0.05, 0) is 47.3 Å². The van der Waals surface area contributed by atoms with Crippen LogP contribution in [-0.4, -0.2) is 0 Å². The van der Waals surface area contributed by atoms with E-state index in [0.717, 1.165) is 11.8 Å². The largest absolute Gasteiger partial charge is 0.0625 e. The fourth-order valence-corrected chi connectivity index (χ4v) is 4.54. The molecule has 2 rings (SSSR count). The summed E-state index contributed by atoms with van der Waals surface area (Å²) in [5, 5.41) is 0. The van der Waals surface area contributed by atoms with Gasteiger partial charge >= 0.3 is 0 Å². The van der Waals surface area contributed by atoms with E-state index in [9.17, 15) is 0 Å². The molecular formula is C14H26.